The van der Waals surface area contributed by atoms with E-state index in [1.807, 2.05) is 20.8 Å². The zero-order valence-electron chi connectivity index (χ0n) is 12.2. The summed E-state index contributed by atoms with van der Waals surface area (Å²) in [6, 6.07) is 1.73. The Morgan fingerprint density at radius 1 is 1.40 bits per heavy atom. The van der Waals surface area contributed by atoms with Crippen LogP contribution in [0.2, 0.25) is 5.15 Å². The first-order chi connectivity index (χ1) is 9.24. The number of fused-ring (bicyclic) bond motifs is 1. The van der Waals surface area contributed by atoms with Gasteiger partial charge in [-0.1, -0.05) is 11.6 Å². The highest BCUT2D eigenvalue weighted by Gasteiger charge is 2.26. The number of aryl methyl sites for hydroxylation is 1. The smallest absolute Gasteiger partial charge is 0.342 e. The van der Waals surface area contributed by atoms with Gasteiger partial charge in [0.25, 0.3) is 0 Å². The predicted molar refractivity (Wildman–Crippen MR) is 77.4 cm³/mol. The van der Waals surface area contributed by atoms with E-state index in [1.165, 1.54) is 0 Å². The zero-order chi connectivity index (χ0) is 15.1. The van der Waals surface area contributed by atoms with Gasteiger partial charge in [0.1, 0.15) is 27.7 Å². The van der Waals surface area contributed by atoms with Crippen molar-refractivity contribution in [3.05, 3.63) is 23.0 Å². The van der Waals surface area contributed by atoms with Crippen LogP contribution in [0.5, 0.6) is 5.75 Å². The molecule has 0 spiro atoms. The van der Waals surface area contributed by atoms with Gasteiger partial charge >= 0.3 is 5.97 Å². The predicted octanol–water partition coefficient (Wildman–Crippen LogP) is 3.19. The summed E-state index contributed by atoms with van der Waals surface area (Å²) in [6.07, 6.45) is 1.58. The highest BCUT2D eigenvalue weighted by atomic mass is 35.5. The second-order valence-electron chi connectivity index (χ2n) is 5.47. The summed E-state index contributed by atoms with van der Waals surface area (Å²) in [6.45, 7) is 5.42. The maximum Gasteiger partial charge on any atom is 0.342 e. The molecule has 0 saturated carbocycles. The van der Waals surface area contributed by atoms with E-state index in [2.05, 4.69) is 4.98 Å². The number of pyridine rings is 1. The molecule has 0 bridgehead atoms. The third kappa shape index (κ3) is 2.58. The van der Waals surface area contributed by atoms with Crippen molar-refractivity contribution in [3.63, 3.8) is 0 Å². The molecule has 0 amide bonds. The number of carbonyl (C=O) groups is 1. The third-order valence-electron chi connectivity index (χ3n) is 2.77. The number of carbonyl (C=O) groups excluding carboxylic acids is 1. The first kappa shape index (κ1) is 14.7. The van der Waals surface area contributed by atoms with Crippen molar-refractivity contribution < 1.29 is 14.3 Å². The van der Waals surface area contributed by atoms with Gasteiger partial charge in [0.2, 0.25) is 0 Å². The van der Waals surface area contributed by atoms with Crippen molar-refractivity contribution in [2.75, 3.05) is 7.11 Å². The number of nitrogens with zero attached hydrogens (tertiary/aromatic N) is 2. The minimum absolute atomic E-state index is 0.301. The molecule has 0 radical (unpaired) electrons. The summed E-state index contributed by atoms with van der Waals surface area (Å²) in [4.78, 5) is 16.6. The van der Waals surface area contributed by atoms with E-state index in [-0.39, 0.29) is 0 Å². The number of halogens is 1. The van der Waals surface area contributed by atoms with Gasteiger partial charge in [-0.15, -0.1) is 0 Å². The Hall–Kier alpha value is -1.75. The molecule has 0 aliphatic rings. The van der Waals surface area contributed by atoms with E-state index in [1.54, 1.807) is 31.0 Å². The lowest BCUT2D eigenvalue weighted by atomic mass is 10.1. The molecule has 0 aliphatic heterocycles. The van der Waals surface area contributed by atoms with Gasteiger partial charge in [-0.25, -0.2) is 9.78 Å². The molecule has 5 nitrogen and oxygen atoms in total. The molecule has 0 N–H and O–H groups in total. The quantitative estimate of drug-likeness (QED) is 0.799. The Morgan fingerprint density at radius 3 is 2.60 bits per heavy atom. The lowest BCUT2D eigenvalue weighted by molar-refractivity contribution is 0.00719. The lowest BCUT2D eigenvalue weighted by Gasteiger charge is -2.19. The fourth-order valence-electron chi connectivity index (χ4n) is 1.90. The SMILES string of the molecule is COc1cnc2c(c1)c(C(=O)OC(C)(C)C)c(Cl)n2C. The second-order valence-corrected chi connectivity index (χ2v) is 5.83. The fourth-order valence-corrected chi connectivity index (χ4v) is 2.16. The molecule has 0 aliphatic carbocycles. The topological polar surface area (TPSA) is 53.4 Å². The Bertz CT molecular complexity index is 671. The van der Waals surface area contributed by atoms with Crippen LogP contribution in [0.25, 0.3) is 11.0 Å². The summed E-state index contributed by atoms with van der Waals surface area (Å²) in [7, 11) is 3.29. The van der Waals surface area contributed by atoms with Crippen molar-refractivity contribution in [2.45, 2.75) is 26.4 Å². The number of aromatic nitrogens is 2. The Morgan fingerprint density at radius 2 is 2.05 bits per heavy atom. The average molecular weight is 297 g/mol. The summed E-state index contributed by atoms with van der Waals surface area (Å²) in [5.41, 5.74) is 0.330. The number of hydrogen-bond acceptors (Lipinski definition) is 4. The Balaban J connectivity index is 2.62. The number of methoxy groups -OCH3 is 1. The van der Waals surface area contributed by atoms with Gasteiger partial charge in [0.05, 0.1) is 13.3 Å². The molecule has 0 fully saturated rings. The molecule has 108 valence electrons. The van der Waals surface area contributed by atoms with Crippen LogP contribution in [0.1, 0.15) is 31.1 Å². The maximum absolute atomic E-state index is 12.3. The number of rotatable bonds is 2. The minimum atomic E-state index is -0.588. The molecule has 2 aromatic heterocycles. The first-order valence-corrected chi connectivity index (χ1v) is 6.53. The zero-order valence-corrected chi connectivity index (χ0v) is 12.9. The maximum atomic E-state index is 12.3. The van der Waals surface area contributed by atoms with Crippen LogP contribution in [0.3, 0.4) is 0 Å². The largest absolute Gasteiger partial charge is 0.495 e. The van der Waals surface area contributed by atoms with Crippen molar-refractivity contribution in [2.24, 2.45) is 7.05 Å². The molecule has 2 aromatic rings. The molecule has 20 heavy (non-hydrogen) atoms. The van der Waals surface area contributed by atoms with E-state index in [4.69, 9.17) is 21.1 Å². The Kier molecular flexibility index (Phi) is 3.65. The van der Waals surface area contributed by atoms with Gasteiger partial charge in [0, 0.05) is 12.4 Å². The monoisotopic (exact) mass is 296 g/mol. The molecular weight excluding hydrogens is 280 g/mol. The fraction of sp³-hybridized carbons (Fsp3) is 0.429. The summed E-state index contributed by atoms with van der Waals surface area (Å²) < 4.78 is 12.2. The molecule has 0 saturated heterocycles. The van der Waals surface area contributed by atoms with Crippen molar-refractivity contribution in [3.8, 4) is 5.75 Å². The van der Waals surface area contributed by atoms with Gasteiger partial charge in [0.15, 0.2) is 0 Å². The average Bonchev–Trinajstić information content (AvgIpc) is 2.59. The molecule has 0 aromatic carbocycles. The standard InChI is InChI=1S/C14H17ClN2O3/c1-14(2,3)20-13(18)10-9-6-8(19-5)7-16-12(9)17(4)11(10)15/h6-7H,1-5H3. The Labute approximate surface area is 122 Å². The number of ether oxygens (including phenoxy) is 2. The number of esters is 1. The molecule has 0 atom stereocenters. The van der Waals surface area contributed by atoms with E-state index in [0.717, 1.165) is 0 Å². The van der Waals surface area contributed by atoms with Gasteiger partial charge < -0.3 is 14.0 Å². The molecular formula is C14H17ClN2O3. The molecule has 0 unspecified atom stereocenters. The summed E-state index contributed by atoms with van der Waals surface area (Å²) >= 11 is 6.24. The third-order valence-corrected chi connectivity index (χ3v) is 3.21. The van der Waals surface area contributed by atoms with Crippen LogP contribution in [-0.2, 0) is 11.8 Å². The van der Waals surface area contributed by atoms with Crippen molar-refractivity contribution in [1.82, 2.24) is 9.55 Å². The van der Waals surface area contributed by atoms with Crippen LogP contribution in [0.15, 0.2) is 12.3 Å². The van der Waals surface area contributed by atoms with E-state index >= 15 is 0 Å². The highest BCUT2D eigenvalue weighted by Crippen LogP contribution is 2.31. The normalized spacial score (nSPS) is 11.7. The summed E-state index contributed by atoms with van der Waals surface area (Å²) in [5, 5.41) is 0.918. The lowest BCUT2D eigenvalue weighted by Crippen LogP contribution is -2.24. The van der Waals surface area contributed by atoms with Crippen LogP contribution < -0.4 is 4.74 Å². The van der Waals surface area contributed by atoms with Gasteiger partial charge in [-0.3, -0.25) is 0 Å². The highest BCUT2D eigenvalue weighted by molar-refractivity contribution is 6.35. The minimum Gasteiger partial charge on any atom is -0.495 e. The van der Waals surface area contributed by atoms with E-state index in [9.17, 15) is 4.79 Å². The van der Waals surface area contributed by atoms with E-state index in [0.29, 0.717) is 27.5 Å². The molecule has 2 heterocycles. The van der Waals surface area contributed by atoms with Crippen LogP contribution in [0, 0.1) is 0 Å². The molecule has 2 rings (SSSR count). The van der Waals surface area contributed by atoms with Crippen molar-refractivity contribution in [1.29, 1.82) is 0 Å². The van der Waals surface area contributed by atoms with Crippen LogP contribution >= 0.6 is 11.6 Å². The van der Waals surface area contributed by atoms with Crippen molar-refractivity contribution >= 4 is 28.6 Å². The van der Waals surface area contributed by atoms with E-state index < -0.39 is 11.6 Å². The first-order valence-electron chi connectivity index (χ1n) is 6.16. The van der Waals surface area contributed by atoms with Crippen LogP contribution in [0.4, 0.5) is 0 Å². The van der Waals surface area contributed by atoms with Gasteiger partial charge in [-0.2, -0.15) is 0 Å². The number of hydrogen-bond donors (Lipinski definition) is 0. The second kappa shape index (κ2) is 4.98. The van der Waals surface area contributed by atoms with Crippen LogP contribution in [-0.4, -0.2) is 28.2 Å². The van der Waals surface area contributed by atoms with Gasteiger partial charge in [-0.05, 0) is 26.8 Å². The summed E-state index contributed by atoms with van der Waals surface area (Å²) in [5.74, 6) is 0.0905. The molecule has 6 heteroatoms.